The predicted molar refractivity (Wildman–Crippen MR) is 100 cm³/mol. The van der Waals surface area contributed by atoms with E-state index in [2.05, 4.69) is 32.1 Å². The van der Waals surface area contributed by atoms with Crippen LogP contribution in [0.3, 0.4) is 0 Å². The third-order valence-corrected chi connectivity index (χ3v) is 2.87. The molecule has 0 atom stereocenters. The highest BCUT2D eigenvalue weighted by atomic mass is 16.4. The van der Waals surface area contributed by atoms with Gasteiger partial charge in [-0.3, -0.25) is 0 Å². The van der Waals surface area contributed by atoms with Gasteiger partial charge < -0.3 is 5.11 Å². The number of allylic oxidation sites excluding steroid dienone is 13. The fourth-order valence-electron chi connectivity index (χ4n) is 1.57. The van der Waals surface area contributed by atoms with Crippen molar-refractivity contribution in [2.75, 3.05) is 0 Å². The molecule has 0 saturated carbocycles. The zero-order valence-corrected chi connectivity index (χ0v) is 14.6. The molecular weight excluding hydrogens is 284 g/mol. The number of aliphatic carboxylic acids is 1. The van der Waals surface area contributed by atoms with Crippen LogP contribution in [-0.4, -0.2) is 11.1 Å². The van der Waals surface area contributed by atoms with Gasteiger partial charge in [-0.2, -0.15) is 0 Å². The molecule has 0 unspecified atom stereocenters. The van der Waals surface area contributed by atoms with E-state index in [0.29, 0.717) is 0 Å². The molecule has 0 radical (unpaired) electrons. The molecule has 0 aromatic heterocycles. The topological polar surface area (TPSA) is 37.3 Å². The van der Waals surface area contributed by atoms with Gasteiger partial charge in [-0.25, -0.2) is 4.79 Å². The summed E-state index contributed by atoms with van der Waals surface area (Å²) >= 11 is 0. The van der Waals surface area contributed by atoms with E-state index < -0.39 is 5.97 Å². The minimum absolute atomic E-state index is 0.893. The second-order valence-electron chi connectivity index (χ2n) is 5.34. The standard InChI is InChI=1S/C21H28O2/c1-5-6-7-11-18(2)12-8-9-13-19(3)14-10-15-20(4)16-17-21(22)23/h7-17H,5-6H2,1-4H3,(H,22,23)/b9-8+,11-7+,14-10+,17-16+,18-12+,19-13+,20-15+. The molecule has 2 nitrogen and oxygen atoms in total. The maximum absolute atomic E-state index is 10.4. The number of carboxylic acid groups (broad SMARTS) is 1. The van der Waals surface area contributed by atoms with Crippen LogP contribution in [0.2, 0.25) is 0 Å². The molecule has 0 amide bonds. The van der Waals surface area contributed by atoms with Gasteiger partial charge in [-0.05, 0) is 27.2 Å². The lowest BCUT2D eigenvalue weighted by molar-refractivity contribution is -0.131. The second kappa shape index (κ2) is 13.3. The van der Waals surface area contributed by atoms with Gasteiger partial charge in [0.05, 0.1) is 0 Å². The van der Waals surface area contributed by atoms with Crippen LogP contribution in [0.1, 0.15) is 40.5 Å². The van der Waals surface area contributed by atoms with E-state index in [0.717, 1.165) is 23.6 Å². The van der Waals surface area contributed by atoms with Crippen molar-refractivity contribution < 1.29 is 9.90 Å². The first-order chi connectivity index (χ1) is 11.0. The van der Waals surface area contributed by atoms with E-state index in [9.17, 15) is 4.79 Å². The number of unbranched alkanes of at least 4 members (excludes halogenated alkanes) is 1. The lowest BCUT2D eigenvalue weighted by Crippen LogP contribution is -1.85. The first-order valence-electron chi connectivity index (χ1n) is 7.90. The summed E-state index contributed by atoms with van der Waals surface area (Å²) in [4.78, 5) is 10.4. The largest absolute Gasteiger partial charge is 0.478 e. The fourth-order valence-corrected chi connectivity index (χ4v) is 1.57. The monoisotopic (exact) mass is 312 g/mol. The van der Waals surface area contributed by atoms with Crippen LogP contribution in [-0.2, 0) is 4.79 Å². The molecule has 0 heterocycles. The average molecular weight is 312 g/mol. The summed E-state index contributed by atoms with van der Waals surface area (Å²) in [6.07, 6.45) is 23.3. The molecule has 0 spiro atoms. The second-order valence-corrected chi connectivity index (χ2v) is 5.34. The summed E-state index contributed by atoms with van der Waals surface area (Å²) in [7, 11) is 0. The summed E-state index contributed by atoms with van der Waals surface area (Å²) in [6.45, 7) is 8.14. The van der Waals surface area contributed by atoms with Gasteiger partial charge >= 0.3 is 5.97 Å². The normalized spacial score (nSPS) is 14.9. The van der Waals surface area contributed by atoms with E-state index in [1.165, 1.54) is 12.0 Å². The Hall–Kier alpha value is -2.35. The van der Waals surface area contributed by atoms with Crippen LogP contribution in [0.4, 0.5) is 0 Å². The summed E-state index contributed by atoms with van der Waals surface area (Å²) in [5.41, 5.74) is 3.25. The Balaban J connectivity index is 4.48. The van der Waals surface area contributed by atoms with Crippen molar-refractivity contribution in [3.63, 3.8) is 0 Å². The van der Waals surface area contributed by atoms with Crippen molar-refractivity contribution >= 4 is 5.97 Å². The highest BCUT2D eigenvalue weighted by Crippen LogP contribution is 2.01. The molecule has 0 aliphatic heterocycles. The van der Waals surface area contributed by atoms with Gasteiger partial charge in [0.1, 0.15) is 0 Å². The highest BCUT2D eigenvalue weighted by Gasteiger charge is 1.85. The lowest BCUT2D eigenvalue weighted by Gasteiger charge is -1.90. The smallest absolute Gasteiger partial charge is 0.328 e. The molecule has 23 heavy (non-hydrogen) atoms. The molecular formula is C21H28O2. The van der Waals surface area contributed by atoms with Gasteiger partial charge in [0.15, 0.2) is 0 Å². The molecule has 1 N–H and O–H groups in total. The van der Waals surface area contributed by atoms with Gasteiger partial charge in [0.2, 0.25) is 0 Å². The molecule has 2 heteroatoms. The number of carbonyl (C=O) groups is 1. The van der Waals surface area contributed by atoms with Crippen LogP contribution in [0.5, 0.6) is 0 Å². The average Bonchev–Trinajstić information content (AvgIpc) is 2.50. The predicted octanol–water partition coefficient (Wildman–Crippen LogP) is 5.93. The summed E-state index contributed by atoms with van der Waals surface area (Å²) in [5, 5.41) is 8.54. The van der Waals surface area contributed by atoms with Crippen molar-refractivity contribution in [3.05, 3.63) is 83.6 Å². The summed E-state index contributed by atoms with van der Waals surface area (Å²) in [5.74, 6) is -0.934. The van der Waals surface area contributed by atoms with Gasteiger partial charge in [-0.15, -0.1) is 0 Å². The molecule has 0 aromatic rings. The van der Waals surface area contributed by atoms with Crippen molar-refractivity contribution in [3.8, 4) is 0 Å². The van der Waals surface area contributed by atoms with Gasteiger partial charge in [0.25, 0.3) is 0 Å². The maximum Gasteiger partial charge on any atom is 0.328 e. The summed E-state index contributed by atoms with van der Waals surface area (Å²) in [6, 6.07) is 0. The lowest BCUT2D eigenvalue weighted by atomic mass is 10.2. The molecule has 0 bridgehead atoms. The van der Waals surface area contributed by atoms with Crippen LogP contribution < -0.4 is 0 Å². The van der Waals surface area contributed by atoms with Crippen LogP contribution in [0, 0.1) is 0 Å². The Kier molecular flexibility index (Phi) is 12.0. The van der Waals surface area contributed by atoms with Gasteiger partial charge in [0, 0.05) is 6.08 Å². The molecule has 0 aliphatic rings. The number of hydrogen-bond acceptors (Lipinski definition) is 1. The Morgan fingerprint density at radius 1 is 0.783 bits per heavy atom. The third kappa shape index (κ3) is 14.4. The number of hydrogen-bond donors (Lipinski definition) is 1. The van der Waals surface area contributed by atoms with Crippen molar-refractivity contribution in [1.82, 2.24) is 0 Å². The Labute approximate surface area is 140 Å². The van der Waals surface area contributed by atoms with E-state index in [1.54, 1.807) is 6.08 Å². The molecule has 0 saturated heterocycles. The first-order valence-corrected chi connectivity index (χ1v) is 7.90. The van der Waals surface area contributed by atoms with Crippen LogP contribution in [0.25, 0.3) is 0 Å². The summed E-state index contributed by atoms with van der Waals surface area (Å²) < 4.78 is 0. The quantitative estimate of drug-likeness (QED) is 0.423. The van der Waals surface area contributed by atoms with Crippen molar-refractivity contribution in [1.29, 1.82) is 0 Å². The van der Waals surface area contributed by atoms with Crippen LogP contribution >= 0.6 is 0 Å². The molecule has 0 aromatic carbocycles. The molecule has 0 rings (SSSR count). The van der Waals surface area contributed by atoms with E-state index >= 15 is 0 Å². The first kappa shape index (κ1) is 20.6. The van der Waals surface area contributed by atoms with Gasteiger partial charge in [-0.1, -0.05) is 90.8 Å². The molecule has 124 valence electrons. The van der Waals surface area contributed by atoms with E-state index in [-0.39, 0.29) is 0 Å². The number of carboxylic acids is 1. The van der Waals surface area contributed by atoms with E-state index in [4.69, 9.17) is 5.11 Å². The highest BCUT2D eigenvalue weighted by molar-refractivity contribution is 5.80. The number of rotatable bonds is 9. The Bertz CT molecular complexity index is 565. The minimum atomic E-state index is -0.934. The maximum atomic E-state index is 10.4. The molecule has 0 fully saturated rings. The zero-order chi connectivity index (χ0) is 17.5. The van der Waals surface area contributed by atoms with Crippen LogP contribution in [0.15, 0.2) is 83.6 Å². The van der Waals surface area contributed by atoms with Crippen molar-refractivity contribution in [2.45, 2.75) is 40.5 Å². The fraction of sp³-hybridized carbons (Fsp3) is 0.286. The van der Waals surface area contributed by atoms with E-state index in [1.807, 2.05) is 50.3 Å². The SMILES string of the molecule is CCC/C=C/C(C)=C/C=C/C=C(C)/C=C/C=C(C)/C=C/C(=O)O. The third-order valence-electron chi connectivity index (χ3n) is 2.87. The molecule has 0 aliphatic carbocycles. The Morgan fingerprint density at radius 2 is 1.30 bits per heavy atom. The minimum Gasteiger partial charge on any atom is -0.478 e. The zero-order valence-electron chi connectivity index (χ0n) is 14.6. The van der Waals surface area contributed by atoms with Crippen molar-refractivity contribution in [2.24, 2.45) is 0 Å². The Morgan fingerprint density at radius 3 is 1.87 bits per heavy atom.